The van der Waals surface area contributed by atoms with E-state index in [0.29, 0.717) is 17.8 Å². The van der Waals surface area contributed by atoms with Gasteiger partial charge in [-0.15, -0.1) is 0 Å². The van der Waals surface area contributed by atoms with Crippen molar-refractivity contribution in [3.63, 3.8) is 0 Å². The van der Waals surface area contributed by atoms with E-state index in [4.69, 9.17) is 0 Å². The lowest BCUT2D eigenvalue weighted by molar-refractivity contribution is -0.137. The summed E-state index contributed by atoms with van der Waals surface area (Å²) in [7, 11) is 0. The number of imidazole rings is 1. The maximum Gasteiger partial charge on any atom is 0.416 e. The van der Waals surface area contributed by atoms with Gasteiger partial charge >= 0.3 is 6.18 Å². The number of benzene rings is 2. The molecule has 3 nitrogen and oxygen atoms in total. The molecule has 0 amide bonds. The molecule has 1 N–H and O–H groups in total. The van der Waals surface area contributed by atoms with E-state index in [2.05, 4.69) is 10.3 Å². The first-order valence-corrected chi connectivity index (χ1v) is 8.45. The fraction of sp³-hybridized carbons (Fsp3) is 0.0952. The van der Waals surface area contributed by atoms with Crippen LogP contribution >= 0.6 is 0 Å². The SMILES string of the molecule is FC(F)(F)c1ccc(-c2nc3ccccn3c2NCc2ccccc2)cc1. The van der Waals surface area contributed by atoms with Gasteiger partial charge < -0.3 is 5.32 Å². The number of hydrogen-bond donors (Lipinski definition) is 1. The van der Waals surface area contributed by atoms with Gasteiger partial charge in [-0.05, 0) is 29.8 Å². The average Bonchev–Trinajstić information content (AvgIpc) is 3.05. The van der Waals surface area contributed by atoms with E-state index in [0.717, 1.165) is 29.2 Å². The minimum absolute atomic E-state index is 0.581. The molecule has 4 aromatic rings. The first-order chi connectivity index (χ1) is 13.0. The molecule has 2 heterocycles. The zero-order chi connectivity index (χ0) is 18.9. The Morgan fingerprint density at radius 1 is 0.852 bits per heavy atom. The molecule has 0 spiro atoms. The number of fused-ring (bicyclic) bond motifs is 1. The van der Waals surface area contributed by atoms with Gasteiger partial charge in [-0.3, -0.25) is 4.40 Å². The zero-order valence-electron chi connectivity index (χ0n) is 14.2. The molecule has 0 unspecified atom stereocenters. The number of hydrogen-bond acceptors (Lipinski definition) is 2. The first-order valence-electron chi connectivity index (χ1n) is 8.45. The molecule has 0 aliphatic carbocycles. The van der Waals surface area contributed by atoms with E-state index in [1.54, 1.807) is 0 Å². The number of halogens is 3. The van der Waals surface area contributed by atoms with Crippen LogP contribution in [0, 0.1) is 0 Å². The van der Waals surface area contributed by atoms with Crippen molar-refractivity contribution >= 4 is 11.5 Å². The van der Waals surface area contributed by atoms with E-state index >= 15 is 0 Å². The van der Waals surface area contributed by atoms with Crippen LogP contribution in [0.1, 0.15) is 11.1 Å². The molecule has 0 aliphatic rings. The predicted molar refractivity (Wildman–Crippen MR) is 99.4 cm³/mol. The van der Waals surface area contributed by atoms with E-state index in [1.807, 2.05) is 59.1 Å². The lowest BCUT2D eigenvalue weighted by Gasteiger charge is -2.10. The van der Waals surface area contributed by atoms with Gasteiger partial charge in [0, 0.05) is 18.3 Å². The third-order valence-corrected chi connectivity index (χ3v) is 4.32. The standard InChI is InChI=1S/C21H16F3N3/c22-21(23,24)17-11-9-16(10-12-17)19-20(25-14-15-6-2-1-3-7-15)27-13-5-4-8-18(27)26-19/h1-13,25H,14H2. The number of nitrogens with one attached hydrogen (secondary N) is 1. The van der Waals surface area contributed by atoms with Crippen molar-refractivity contribution in [2.75, 3.05) is 5.32 Å². The molecule has 0 atom stereocenters. The van der Waals surface area contributed by atoms with Gasteiger partial charge in [0.2, 0.25) is 0 Å². The molecular weight excluding hydrogens is 351 g/mol. The van der Waals surface area contributed by atoms with Crippen LogP contribution in [0.15, 0.2) is 79.0 Å². The molecule has 0 fully saturated rings. The minimum atomic E-state index is -4.36. The maximum atomic E-state index is 12.8. The summed E-state index contributed by atoms with van der Waals surface area (Å²) in [5, 5.41) is 3.37. The summed E-state index contributed by atoms with van der Waals surface area (Å²) in [4.78, 5) is 4.61. The van der Waals surface area contributed by atoms with Crippen LogP contribution in [0.2, 0.25) is 0 Å². The van der Waals surface area contributed by atoms with E-state index in [1.165, 1.54) is 12.1 Å². The summed E-state index contributed by atoms with van der Waals surface area (Å²) in [6.07, 6.45) is -2.48. The molecular formula is C21H16F3N3. The van der Waals surface area contributed by atoms with Crippen LogP contribution in [0.25, 0.3) is 16.9 Å². The van der Waals surface area contributed by atoms with Gasteiger partial charge in [-0.1, -0.05) is 48.5 Å². The molecule has 0 aliphatic heterocycles. The highest BCUT2D eigenvalue weighted by molar-refractivity contribution is 5.76. The van der Waals surface area contributed by atoms with Crippen LogP contribution in [-0.2, 0) is 12.7 Å². The Morgan fingerprint density at radius 2 is 1.56 bits per heavy atom. The molecule has 0 saturated heterocycles. The summed E-state index contributed by atoms with van der Waals surface area (Å²) in [6.45, 7) is 0.581. The van der Waals surface area contributed by atoms with Crippen molar-refractivity contribution in [3.05, 3.63) is 90.1 Å². The Labute approximate surface area is 154 Å². The van der Waals surface area contributed by atoms with Crippen molar-refractivity contribution in [1.29, 1.82) is 0 Å². The van der Waals surface area contributed by atoms with Gasteiger partial charge in [0.15, 0.2) is 0 Å². The van der Waals surface area contributed by atoms with E-state index in [-0.39, 0.29) is 0 Å². The highest BCUT2D eigenvalue weighted by Gasteiger charge is 2.30. The van der Waals surface area contributed by atoms with Crippen molar-refractivity contribution < 1.29 is 13.2 Å². The molecule has 2 aromatic carbocycles. The minimum Gasteiger partial charge on any atom is -0.365 e. The second-order valence-electron chi connectivity index (χ2n) is 6.15. The van der Waals surface area contributed by atoms with Crippen LogP contribution in [0.5, 0.6) is 0 Å². The van der Waals surface area contributed by atoms with E-state index < -0.39 is 11.7 Å². The summed E-state index contributed by atoms with van der Waals surface area (Å²) in [6, 6.07) is 20.6. The third kappa shape index (κ3) is 3.51. The molecule has 2 aromatic heterocycles. The van der Waals surface area contributed by atoms with Gasteiger partial charge in [-0.2, -0.15) is 13.2 Å². The van der Waals surface area contributed by atoms with Crippen molar-refractivity contribution in [2.45, 2.75) is 12.7 Å². The van der Waals surface area contributed by atoms with Crippen LogP contribution in [-0.4, -0.2) is 9.38 Å². The Morgan fingerprint density at radius 3 is 2.26 bits per heavy atom. The lowest BCUT2D eigenvalue weighted by atomic mass is 10.1. The smallest absolute Gasteiger partial charge is 0.365 e. The fourth-order valence-electron chi connectivity index (χ4n) is 2.96. The quantitative estimate of drug-likeness (QED) is 0.506. The number of pyridine rings is 1. The van der Waals surface area contributed by atoms with Gasteiger partial charge in [0.1, 0.15) is 17.2 Å². The number of anilines is 1. The zero-order valence-corrected chi connectivity index (χ0v) is 14.2. The molecule has 4 rings (SSSR count). The molecule has 0 saturated carbocycles. The van der Waals surface area contributed by atoms with Gasteiger partial charge in [0.25, 0.3) is 0 Å². The summed E-state index contributed by atoms with van der Waals surface area (Å²) in [5.41, 5.74) is 2.40. The summed E-state index contributed by atoms with van der Waals surface area (Å²) in [5.74, 6) is 0.745. The fourth-order valence-corrected chi connectivity index (χ4v) is 2.96. The van der Waals surface area contributed by atoms with Gasteiger partial charge in [-0.25, -0.2) is 4.98 Å². The molecule has 6 heteroatoms. The number of nitrogens with zero attached hydrogens (tertiary/aromatic N) is 2. The Balaban J connectivity index is 1.73. The Kier molecular flexibility index (Phi) is 4.32. The molecule has 0 bridgehead atoms. The first kappa shape index (κ1) is 17.1. The monoisotopic (exact) mass is 367 g/mol. The number of rotatable bonds is 4. The second kappa shape index (κ2) is 6.79. The van der Waals surface area contributed by atoms with E-state index in [9.17, 15) is 13.2 Å². The molecule has 136 valence electrons. The van der Waals surface area contributed by atoms with Crippen molar-refractivity contribution in [1.82, 2.24) is 9.38 Å². The highest BCUT2D eigenvalue weighted by Crippen LogP contribution is 2.33. The maximum absolute atomic E-state index is 12.8. The molecule has 27 heavy (non-hydrogen) atoms. The van der Waals surface area contributed by atoms with Crippen molar-refractivity contribution in [2.24, 2.45) is 0 Å². The van der Waals surface area contributed by atoms with Crippen molar-refractivity contribution in [3.8, 4) is 11.3 Å². The lowest BCUT2D eigenvalue weighted by Crippen LogP contribution is -2.05. The van der Waals surface area contributed by atoms with Crippen LogP contribution in [0.3, 0.4) is 0 Å². The number of aromatic nitrogens is 2. The van der Waals surface area contributed by atoms with Gasteiger partial charge in [0.05, 0.1) is 5.56 Å². The topological polar surface area (TPSA) is 29.3 Å². The normalized spacial score (nSPS) is 11.7. The summed E-state index contributed by atoms with van der Waals surface area (Å²) < 4.78 is 40.4. The Hall–Kier alpha value is -3.28. The van der Waals surface area contributed by atoms with Crippen LogP contribution < -0.4 is 5.32 Å². The summed E-state index contributed by atoms with van der Waals surface area (Å²) >= 11 is 0. The Bertz CT molecular complexity index is 1050. The van der Waals surface area contributed by atoms with Crippen LogP contribution in [0.4, 0.5) is 19.0 Å². The predicted octanol–water partition coefficient (Wildman–Crippen LogP) is 5.63. The molecule has 0 radical (unpaired) electrons. The third-order valence-electron chi connectivity index (χ3n) is 4.32. The largest absolute Gasteiger partial charge is 0.416 e. The number of alkyl halides is 3. The second-order valence-corrected chi connectivity index (χ2v) is 6.15. The average molecular weight is 367 g/mol. The highest BCUT2D eigenvalue weighted by atomic mass is 19.4.